The lowest BCUT2D eigenvalue weighted by atomic mass is 10.0. The fourth-order valence-corrected chi connectivity index (χ4v) is 8.54. The van der Waals surface area contributed by atoms with Crippen LogP contribution in [-0.4, -0.2) is 81.3 Å². The van der Waals surface area contributed by atoms with E-state index in [-0.39, 0.29) is 11.7 Å². The summed E-state index contributed by atoms with van der Waals surface area (Å²) in [6, 6.07) is 31.5. The summed E-state index contributed by atoms with van der Waals surface area (Å²) in [5.41, 5.74) is 14.8. The van der Waals surface area contributed by atoms with Crippen molar-refractivity contribution in [1.82, 2.24) is 45.3 Å². The summed E-state index contributed by atoms with van der Waals surface area (Å²) in [5.74, 6) is 0.640. The molecule has 0 aliphatic carbocycles. The zero-order valence-electron chi connectivity index (χ0n) is 35.4. The smallest absolute Gasteiger partial charge is 0.335 e. The number of rotatable bonds is 10. The first-order valence-electron chi connectivity index (χ1n) is 21.0. The molecule has 6 aromatic heterocycles. The molecule has 0 radical (unpaired) electrons. The normalized spacial score (nSPS) is 15.9. The number of hydrogen-bond donors (Lipinski definition) is 3. The fourth-order valence-electron chi connectivity index (χ4n) is 8.54. The van der Waals surface area contributed by atoms with Crippen molar-refractivity contribution in [1.29, 1.82) is 0 Å². The van der Waals surface area contributed by atoms with Crippen LogP contribution in [0.3, 0.4) is 0 Å². The SMILES string of the molecule is C[C@H]1CCCN1c1cccc(Cc2cc(-c3cccc(C(=O)O)c3)nn3ccnc23)n1.C[C@H]1CCCN1c1cccc(Cc2cc(-c3cccc(C(N)=O)c3)nn3ccnc23)n1.N. The van der Waals surface area contributed by atoms with Crippen LogP contribution in [0.5, 0.6) is 0 Å². The van der Waals surface area contributed by atoms with Crippen molar-refractivity contribution in [3.63, 3.8) is 0 Å². The molecule has 2 atom stereocenters. The van der Waals surface area contributed by atoms with E-state index in [2.05, 4.69) is 74.1 Å². The van der Waals surface area contributed by atoms with Crippen LogP contribution < -0.4 is 21.7 Å². The van der Waals surface area contributed by atoms with Crippen molar-refractivity contribution in [3.05, 3.63) is 155 Å². The molecular weight excluding hydrogens is 793 g/mol. The summed E-state index contributed by atoms with van der Waals surface area (Å²) in [7, 11) is 0. The number of amides is 1. The number of nitrogens with two attached hydrogens (primary N) is 1. The van der Waals surface area contributed by atoms with Gasteiger partial charge in [0.15, 0.2) is 11.3 Å². The first-order chi connectivity index (χ1) is 30.2. The highest BCUT2D eigenvalue weighted by Gasteiger charge is 2.23. The van der Waals surface area contributed by atoms with Crippen LogP contribution in [0.4, 0.5) is 11.6 Å². The van der Waals surface area contributed by atoms with Gasteiger partial charge in [-0.2, -0.15) is 10.2 Å². The predicted molar refractivity (Wildman–Crippen MR) is 244 cm³/mol. The largest absolute Gasteiger partial charge is 0.478 e. The van der Waals surface area contributed by atoms with E-state index in [0.29, 0.717) is 36.2 Å². The Morgan fingerprint density at radius 1 is 0.651 bits per heavy atom. The molecule has 1 amide bonds. The third-order valence-electron chi connectivity index (χ3n) is 11.7. The van der Waals surface area contributed by atoms with E-state index in [4.69, 9.17) is 15.7 Å². The lowest BCUT2D eigenvalue weighted by molar-refractivity contribution is 0.0696. The number of pyridine rings is 2. The number of carbonyl (C=O) groups is 2. The van der Waals surface area contributed by atoms with Gasteiger partial charge in [-0.3, -0.25) is 4.79 Å². The second-order valence-electron chi connectivity index (χ2n) is 16.0. The monoisotopic (exact) mass is 842 g/mol. The van der Waals surface area contributed by atoms with Crippen LogP contribution >= 0.6 is 0 Å². The standard InChI is InChI=1S/C24H24N6O.C24H23N5O2.H3N/c1-16-5-4-11-29(16)22-9-3-8-20(27-22)14-19-15-21(28-30-12-10-26-24(19)30)17-6-2-7-18(13-17)23(25)31;1-16-5-4-11-28(16)22-9-3-8-20(26-22)14-19-15-21(27-29-12-10-25-23(19)29)17-6-2-7-18(13-17)24(30)31;/h2-3,6-10,12-13,15-16H,4-5,11,14H2,1H3,(H2,25,31);2-3,6-10,12-13,15-16H,4-5,11,14H2,1H3,(H,30,31);1H3/t2*16-;/m00./s1. The van der Waals surface area contributed by atoms with Gasteiger partial charge in [0, 0.05) is 102 Å². The molecule has 2 fully saturated rings. The molecule has 320 valence electrons. The third kappa shape index (κ3) is 9.09. The molecule has 8 heterocycles. The number of hydrogen-bond acceptors (Lipinski definition) is 11. The number of carboxylic acid groups (broad SMARTS) is 1. The number of nitrogens with zero attached hydrogens (tertiary/aromatic N) is 10. The van der Waals surface area contributed by atoms with Crippen LogP contribution in [0.1, 0.15) is 82.8 Å². The van der Waals surface area contributed by atoms with Crippen molar-refractivity contribution < 1.29 is 14.7 Å². The topological polar surface area (TPSA) is 208 Å². The van der Waals surface area contributed by atoms with Gasteiger partial charge >= 0.3 is 5.97 Å². The molecule has 2 aliphatic heterocycles. The van der Waals surface area contributed by atoms with E-state index in [1.807, 2.05) is 42.6 Å². The van der Waals surface area contributed by atoms with Crippen LogP contribution in [0.25, 0.3) is 33.8 Å². The zero-order valence-corrected chi connectivity index (χ0v) is 35.4. The Morgan fingerprint density at radius 3 is 1.56 bits per heavy atom. The number of benzene rings is 2. The van der Waals surface area contributed by atoms with Gasteiger partial charge in [0.2, 0.25) is 5.91 Å². The molecule has 0 unspecified atom stereocenters. The predicted octanol–water partition coefficient (Wildman–Crippen LogP) is 7.70. The summed E-state index contributed by atoms with van der Waals surface area (Å²) in [6.07, 6.45) is 13.2. The number of carbonyl (C=O) groups excluding carboxylic acids is 1. The van der Waals surface area contributed by atoms with Gasteiger partial charge in [-0.1, -0.05) is 36.4 Å². The molecule has 63 heavy (non-hydrogen) atoms. The molecule has 2 aromatic carbocycles. The van der Waals surface area contributed by atoms with E-state index in [1.54, 1.807) is 58.0 Å². The maximum atomic E-state index is 11.6. The van der Waals surface area contributed by atoms with E-state index >= 15 is 0 Å². The lowest BCUT2D eigenvalue weighted by Crippen LogP contribution is -2.27. The molecule has 8 aromatic rings. The second-order valence-corrected chi connectivity index (χ2v) is 16.0. The maximum absolute atomic E-state index is 11.6. The molecule has 15 nitrogen and oxygen atoms in total. The Hall–Kier alpha value is -7.52. The van der Waals surface area contributed by atoms with E-state index in [1.165, 1.54) is 25.7 Å². The van der Waals surface area contributed by atoms with Gasteiger partial charge in [-0.25, -0.2) is 33.8 Å². The Morgan fingerprint density at radius 2 is 1.11 bits per heavy atom. The summed E-state index contributed by atoms with van der Waals surface area (Å²) in [4.78, 5) is 46.6. The minimum atomic E-state index is -0.956. The average molecular weight is 843 g/mol. The van der Waals surface area contributed by atoms with Gasteiger partial charge in [-0.05, 0) is 100 Å². The van der Waals surface area contributed by atoms with E-state index in [9.17, 15) is 14.7 Å². The van der Waals surface area contributed by atoms with Gasteiger partial charge in [0.1, 0.15) is 11.6 Å². The van der Waals surface area contributed by atoms with Gasteiger partial charge < -0.3 is 26.8 Å². The van der Waals surface area contributed by atoms with Gasteiger partial charge in [0.05, 0.1) is 17.0 Å². The number of primary amides is 1. The third-order valence-corrected chi connectivity index (χ3v) is 11.7. The van der Waals surface area contributed by atoms with Crippen LogP contribution in [0.2, 0.25) is 0 Å². The summed E-state index contributed by atoms with van der Waals surface area (Å²) >= 11 is 0. The van der Waals surface area contributed by atoms with E-state index < -0.39 is 11.9 Å². The first-order valence-corrected chi connectivity index (χ1v) is 21.0. The lowest BCUT2D eigenvalue weighted by Gasteiger charge is -2.23. The van der Waals surface area contributed by atoms with E-state index in [0.717, 1.165) is 75.4 Å². The minimum Gasteiger partial charge on any atom is -0.478 e. The molecule has 0 bridgehead atoms. The van der Waals surface area contributed by atoms with Crippen molar-refractivity contribution in [3.8, 4) is 22.5 Å². The highest BCUT2D eigenvalue weighted by atomic mass is 16.4. The van der Waals surface area contributed by atoms with Crippen molar-refractivity contribution in [2.45, 2.75) is 64.5 Å². The summed E-state index contributed by atoms with van der Waals surface area (Å²) in [6.45, 7) is 6.60. The molecule has 6 N–H and O–H groups in total. The Bertz CT molecular complexity index is 2730. The van der Waals surface area contributed by atoms with Crippen molar-refractivity contribution in [2.75, 3.05) is 22.9 Å². The number of anilines is 2. The Kier molecular flexibility index (Phi) is 12.2. The van der Waals surface area contributed by atoms with Crippen LogP contribution in [0, 0.1) is 0 Å². The second kappa shape index (κ2) is 18.2. The molecular formula is C48H50N12O3. The maximum Gasteiger partial charge on any atom is 0.335 e. The van der Waals surface area contributed by atoms with Gasteiger partial charge in [-0.15, -0.1) is 0 Å². The molecule has 10 rings (SSSR count). The Labute approximate surface area is 364 Å². The Balaban J connectivity index is 0.000000170. The van der Waals surface area contributed by atoms with Crippen LogP contribution in [-0.2, 0) is 12.8 Å². The molecule has 0 saturated carbocycles. The first kappa shape index (κ1) is 42.2. The molecule has 15 heteroatoms. The number of carboxylic acids is 1. The summed E-state index contributed by atoms with van der Waals surface area (Å²) in [5, 5.41) is 18.6. The number of aromatic carboxylic acids is 1. The van der Waals surface area contributed by atoms with Crippen molar-refractivity contribution in [2.24, 2.45) is 5.73 Å². The number of imidazole rings is 2. The minimum absolute atomic E-state index is 0. The van der Waals surface area contributed by atoms with Crippen molar-refractivity contribution >= 4 is 34.8 Å². The summed E-state index contributed by atoms with van der Waals surface area (Å²) < 4.78 is 3.51. The zero-order chi connectivity index (χ0) is 42.7. The highest BCUT2D eigenvalue weighted by Crippen LogP contribution is 2.28. The number of aromatic nitrogens is 8. The quantitative estimate of drug-likeness (QED) is 0.121. The van der Waals surface area contributed by atoms with Gasteiger partial charge in [0.25, 0.3) is 0 Å². The van der Waals surface area contributed by atoms with Crippen LogP contribution in [0.15, 0.2) is 122 Å². The molecule has 2 saturated heterocycles. The molecule has 0 spiro atoms. The number of fused-ring (bicyclic) bond motifs is 2. The molecule has 2 aliphatic rings. The highest BCUT2D eigenvalue weighted by molar-refractivity contribution is 5.94. The fraction of sp³-hybridized carbons (Fsp3) is 0.250. The average Bonchev–Trinajstić information content (AvgIpc) is 4.13.